The second kappa shape index (κ2) is 12.6. The van der Waals surface area contributed by atoms with E-state index in [1.807, 2.05) is 5.43 Å². The van der Waals surface area contributed by atoms with Crippen LogP contribution in [0.5, 0.6) is 0 Å². The van der Waals surface area contributed by atoms with Crippen molar-refractivity contribution in [1.82, 2.24) is 26.1 Å². The standard InChI is InChI=1S/C17H25N7O7/c18-16(30)24(7-6-14(27)28)22-13(26)8-20-15(29)12(10-25)21-17(31)23(19)9-11-4-2-1-3-5-11/h1-5,12,25H,6-10,19H2,(H2,18,30)(H,20,29)(H,21,31)(H,22,26)(H,27,28)/t12-/m0/s1. The maximum Gasteiger partial charge on any atom is 0.333 e. The number of hydrogen-bond acceptors (Lipinski definition) is 7. The molecule has 0 spiro atoms. The van der Waals surface area contributed by atoms with Crippen molar-refractivity contribution >= 4 is 29.8 Å². The van der Waals surface area contributed by atoms with Crippen LogP contribution < -0.4 is 27.6 Å². The van der Waals surface area contributed by atoms with E-state index in [0.29, 0.717) is 5.01 Å². The van der Waals surface area contributed by atoms with E-state index in [1.54, 1.807) is 30.3 Å². The number of carbonyl (C=O) groups excluding carboxylic acids is 4. The zero-order chi connectivity index (χ0) is 23.4. The SMILES string of the molecule is NC(=O)N(CCC(=O)O)NC(=O)CNC(=O)[C@H](CO)NC(=O)N(N)Cc1ccccc1. The summed E-state index contributed by atoms with van der Waals surface area (Å²) in [6.07, 6.45) is -0.466. The van der Waals surface area contributed by atoms with Crippen LogP contribution >= 0.6 is 0 Å². The van der Waals surface area contributed by atoms with E-state index in [9.17, 15) is 29.1 Å². The van der Waals surface area contributed by atoms with E-state index in [1.165, 1.54) is 0 Å². The van der Waals surface area contributed by atoms with Crippen LogP contribution in [0.4, 0.5) is 9.59 Å². The highest BCUT2D eigenvalue weighted by molar-refractivity contribution is 5.90. The molecular formula is C17H25N7O7. The van der Waals surface area contributed by atoms with E-state index in [-0.39, 0.29) is 13.1 Å². The van der Waals surface area contributed by atoms with Crippen molar-refractivity contribution < 1.29 is 34.2 Å². The minimum Gasteiger partial charge on any atom is -0.481 e. The fourth-order valence-electron chi connectivity index (χ4n) is 2.19. The molecule has 170 valence electrons. The first-order valence-corrected chi connectivity index (χ1v) is 8.97. The number of nitrogens with two attached hydrogens (primary N) is 2. The number of rotatable bonds is 10. The van der Waals surface area contributed by atoms with Crippen molar-refractivity contribution in [2.45, 2.75) is 19.0 Å². The topological polar surface area (TPSA) is 220 Å². The van der Waals surface area contributed by atoms with Crippen molar-refractivity contribution in [1.29, 1.82) is 0 Å². The maximum atomic E-state index is 12.1. The molecule has 0 bridgehead atoms. The zero-order valence-corrected chi connectivity index (χ0v) is 16.5. The number of primary amides is 1. The molecule has 14 heteroatoms. The number of nitrogens with zero attached hydrogens (tertiary/aromatic N) is 2. The molecule has 1 rings (SSSR count). The lowest BCUT2D eigenvalue weighted by Crippen LogP contribution is -2.56. The van der Waals surface area contributed by atoms with Gasteiger partial charge in [0.05, 0.1) is 32.7 Å². The Hall–Kier alpha value is -3.91. The van der Waals surface area contributed by atoms with Gasteiger partial charge in [0.1, 0.15) is 6.04 Å². The van der Waals surface area contributed by atoms with Crippen molar-refractivity contribution in [3.8, 4) is 0 Å². The van der Waals surface area contributed by atoms with Crippen LogP contribution in [-0.2, 0) is 20.9 Å². The van der Waals surface area contributed by atoms with E-state index in [2.05, 4.69) is 10.6 Å². The number of benzene rings is 1. The number of amides is 6. The fourth-order valence-corrected chi connectivity index (χ4v) is 2.19. The lowest BCUT2D eigenvalue weighted by atomic mass is 10.2. The van der Waals surface area contributed by atoms with Gasteiger partial charge < -0.3 is 26.6 Å². The number of carboxylic acids is 1. The van der Waals surface area contributed by atoms with Gasteiger partial charge in [-0.1, -0.05) is 30.3 Å². The molecular weight excluding hydrogens is 414 g/mol. The Kier molecular flexibility index (Phi) is 10.2. The van der Waals surface area contributed by atoms with Crippen molar-refractivity contribution in [3.05, 3.63) is 35.9 Å². The third-order valence-electron chi connectivity index (χ3n) is 3.75. The number of aliphatic hydroxyl groups excluding tert-OH is 1. The summed E-state index contributed by atoms with van der Waals surface area (Å²) in [6, 6.07) is 5.47. The Morgan fingerprint density at radius 3 is 2.29 bits per heavy atom. The Labute approximate surface area is 177 Å². The highest BCUT2D eigenvalue weighted by Gasteiger charge is 2.23. The molecule has 1 aromatic rings. The number of aliphatic hydroxyl groups is 1. The Balaban J connectivity index is 2.52. The van der Waals surface area contributed by atoms with E-state index in [4.69, 9.17) is 16.7 Å². The van der Waals surface area contributed by atoms with Crippen LogP contribution in [0, 0.1) is 0 Å². The van der Waals surface area contributed by atoms with Crippen LogP contribution in [0.25, 0.3) is 0 Å². The van der Waals surface area contributed by atoms with Crippen LogP contribution in [0.3, 0.4) is 0 Å². The van der Waals surface area contributed by atoms with Gasteiger partial charge in [0.25, 0.3) is 5.91 Å². The van der Waals surface area contributed by atoms with Crippen molar-refractivity contribution in [2.75, 3.05) is 19.7 Å². The Morgan fingerprint density at radius 1 is 1.10 bits per heavy atom. The van der Waals surface area contributed by atoms with Crippen LogP contribution in [-0.4, -0.2) is 75.8 Å². The van der Waals surface area contributed by atoms with Crippen LogP contribution in [0.15, 0.2) is 30.3 Å². The number of urea groups is 2. The zero-order valence-electron chi connectivity index (χ0n) is 16.5. The van der Waals surface area contributed by atoms with Gasteiger partial charge >= 0.3 is 18.0 Å². The minimum absolute atomic E-state index is 0.0497. The van der Waals surface area contributed by atoms with Crippen molar-refractivity contribution in [2.24, 2.45) is 11.6 Å². The van der Waals surface area contributed by atoms with E-state index < -0.39 is 55.5 Å². The molecule has 14 nitrogen and oxygen atoms in total. The number of carboxylic acid groups (broad SMARTS) is 1. The number of nitrogens with one attached hydrogen (secondary N) is 3. The summed E-state index contributed by atoms with van der Waals surface area (Å²) >= 11 is 0. The number of hydrogen-bond donors (Lipinski definition) is 7. The molecule has 1 aromatic carbocycles. The normalized spacial score (nSPS) is 11.0. The molecule has 1 atom stereocenters. The highest BCUT2D eigenvalue weighted by Crippen LogP contribution is 2.01. The van der Waals surface area contributed by atoms with Gasteiger partial charge in [0.2, 0.25) is 5.91 Å². The summed E-state index contributed by atoms with van der Waals surface area (Å²) in [7, 11) is 0. The number of hydrazine groups is 2. The van der Waals surface area contributed by atoms with Gasteiger partial charge in [-0.3, -0.25) is 24.8 Å². The summed E-state index contributed by atoms with van der Waals surface area (Å²) < 4.78 is 0. The molecule has 0 saturated heterocycles. The molecule has 9 N–H and O–H groups in total. The first kappa shape index (κ1) is 25.1. The van der Waals surface area contributed by atoms with Gasteiger partial charge in [-0.05, 0) is 5.56 Å². The summed E-state index contributed by atoms with van der Waals surface area (Å²) in [4.78, 5) is 57.9. The lowest BCUT2D eigenvalue weighted by molar-refractivity contribution is -0.138. The molecule has 0 radical (unpaired) electrons. The van der Waals surface area contributed by atoms with Crippen LogP contribution in [0.2, 0.25) is 0 Å². The second-order valence-electron chi connectivity index (χ2n) is 6.18. The molecule has 0 fully saturated rings. The van der Waals surface area contributed by atoms with Crippen molar-refractivity contribution in [3.63, 3.8) is 0 Å². The average molecular weight is 439 g/mol. The van der Waals surface area contributed by atoms with Gasteiger partial charge in [-0.15, -0.1) is 0 Å². The van der Waals surface area contributed by atoms with Gasteiger partial charge in [0, 0.05) is 0 Å². The fraction of sp³-hybridized carbons (Fsp3) is 0.353. The highest BCUT2D eigenvalue weighted by atomic mass is 16.4. The van der Waals surface area contributed by atoms with Gasteiger partial charge in [0.15, 0.2) is 0 Å². The molecule has 0 aliphatic rings. The lowest BCUT2D eigenvalue weighted by Gasteiger charge is -2.22. The third kappa shape index (κ3) is 9.42. The molecule has 0 unspecified atom stereocenters. The maximum absolute atomic E-state index is 12.1. The second-order valence-corrected chi connectivity index (χ2v) is 6.18. The molecule has 0 aliphatic carbocycles. The Morgan fingerprint density at radius 2 is 1.74 bits per heavy atom. The first-order chi connectivity index (χ1) is 14.6. The number of aliphatic carboxylic acids is 1. The summed E-state index contributed by atoms with van der Waals surface area (Å²) in [5.74, 6) is 2.67. The molecule has 0 aromatic heterocycles. The minimum atomic E-state index is -1.40. The van der Waals surface area contributed by atoms with Crippen LogP contribution in [0.1, 0.15) is 12.0 Å². The van der Waals surface area contributed by atoms with E-state index >= 15 is 0 Å². The molecule has 31 heavy (non-hydrogen) atoms. The smallest absolute Gasteiger partial charge is 0.333 e. The summed E-state index contributed by atoms with van der Waals surface area (Å²) in [5.41, 5.74) is 7.80. The number of carbonyl (C=O) groups is 5. The Bertz CT molecular complexity index is 790. The first-order valence-electron chi connectivity index (χ1n) is 8.97. The third-order valence-corrected chi connectivity index (χ3v) is 3.75. The van der Waals surface area contributed by atoms with Gasteiger partial charge in [-0.2, -0.15) is 0 Å². The molecule has 6 amide bonds. The predicted octanol–water partition coefficient (Wildman–Crippen LogP) is -2.56. The largest absolute Gasteiger partial charge is 0.481 e. The molecule has 0 heterocycles. The molecule has 0 aliphatic heterocycles. The monoisotopic (exact) mass is 439 g/mol. The quantitative estimate of drug-likeness (QED) is 0.116. The average Bonchev–Trinajstić information content (AvgIpc) is 2.73. The summed E-state index contributed by atoms with van der Waals surface area (Å²) in [6.45, 7) is -1.75. The molecule has 0 saturated carbocycles. The van der Waals surface area contributed by atoms with E-state index in [0.717, 1.165) is 10.6 Å². The van der Waals surface area contributed by atoms with Gasteiger partial charge in [-0.25, -0.2) is 20.4 Å². The predicted molar refractivity (Wildman–Crippen MR) is 105 cm³/mol. The summed E-state index contributed by atoms with van der Waals surface area (Å²) in [5, 5.41) is 23.7.